The van der Waals surface area contributed by atoms with Crippen molar-refractivity contribution >= 4 is 15.9 Å². The quantitative estimate of drug-likeness (QED) is 0.621. The summed E-state index contributed by atoms with van der Waals surface area (Å²) in [6.07, 6.45) is 0.749. The largest absolute Gasteiger partial charge is 0.490 e. The molecule has 1 amide bonds. The highest BCUT2D eigenvalue weighted by molar-refractivity contribution is 7.89. The van der Waals surface area contributed by atoms with E-state index in [1.54, 1.807) is 17.0 Å². The van der Waals surface area contributed by atoms with Crippen LogP contribution in [0.15, 0.2) is 41.3 Å². The van der Waals surface area contributed by atoms with Gasteiger partial charge in [-0.25, -0.2) is 8.42 Å². The van der Waals surface area contributed by atoms with E-state index in [1.165, 1.54) is 15.9 Å². The van der Waals surface area contributed by atoms with Gasteiger partial charge >= 0.3 is 0 Å². The van der Waals surface area contributed by atoms with Gasteiger partial charge in [0.15, 0.2) is 18.1 Å². The Hall–Kier alpha value is -2.78. The molecule has 0 atom stereocenters. The van der Waals surface area contributed by atoms with Crippen LogP contribution in [0.1, 0.15) is 37.3 Å². The fraction of sp³-hybridized carbons (Fsp3) is 0.480. The van der Waals surface area contributed by atoms with E-state index in [9.17, 15) is 13.2 Å². The molecule has 2 aliphatic heterocycles. The fourth-order valence-corrected chi connectivity index (χ4v) is 5.69. The van der Waals surface area contributed by atoms with Crippen LogP contribution >= 0.6 is 0 Å². The second-order valence-electron chi connectivity index (χ2n) is 8.91. The van der Waals surface area contributed by atoms with Crippen LogP contribution in [0.4, 0.5) is 0 Å². The number of hydrogen-bond acceptors (Lipinski definition) is 6. The summed E-state index contributed by atoms with van der Waals surface area (Å²) in [5, 5.41) is 0. The van der Waals surface area contributed by atoms with Gasteiger partial charge < -0.3 is 19.1 Å². The zero-order valence-corrected chi connectivity index (χ0v) is 20.8. The molecule has 2 aromatic carbocycles. The minimum Gasteiger partial charge on any atom is -0.490 e. The number of carbonyl (C=O) groups excluding carboxylic acids is 1. The predicted molar refractivity (Wildman–Crippen MR) is 128 cm³/mol. The number of fused-ring (bicyclic) bond motifs is 1. The summed E-state index contributed by atoms with van der Waals surface area (Å²) >= 11 is 0. The van der Waals surface area contributed by atoms with Gasteiger partial charge in [-0.15, -0.1) is 0 Å². The monoisotopic (exact) mass is 488 g/mol. The molecule has 0 aliphatic carbocycles. The van der Waals surface area contributed by atoms with Crippen molar-refractivity contribution < 1.29 is 27.4 Å². The van der Waals surface area contributed by atoms with Crippen LogP contribution < -0.4 is 14.2 Å². The summed E-state index contributed by atoms with van der Waals surface area (Å²) in [4.78, 5) is 14.5. The van der Waals surface area contributed by atoms with E-state index < -0.39 is 10.0 Å². The normalized spacial score (nSPS) is 16.9. The van der Waals surface area contributed by atoms with E-state index >= 15 is 0 Å². The van der Waals surface area contributed by atoms with Gasteiger partial charge in [-0.05, 0) is 48.2 Å². The first-order chi connectivity index (χ1) is 16.3. The summed E-state index contributed by atoms with van der Waals surface area (Å²) in [6, 6.07) is 10.6. The first-order valence-electron chi connectivity index (χ1n) is 11.7. The van der Waals surface area contributed by atoms with Crippen molar-refractivity contribution in [2.75, 3.05) is 46.0 Å². The molecule has 0 unspecified atom stereocenters. The highest BCUT2D eigenvalue weighted by atomic mass is 32.2. The van der Waals surface area contributed by atoms with E-state index in [-0.39, 0.29) is 30.5 Å². The number of benzene rings is 2. The summed E-state index contributed by atoms with van der Waals surface area (Å²) < 4.78 is 44.7. The number of ether oxygens (including phenoxy) is 3. The lowest BCUT2D eigenvalue weighted by Gasteiger charge is -2.34. The number of amides is 1. The Labute approximate surface area is 201 Å². The molecule has 0 bridgehead atoms. The lowest BCUT2D eigenvalue weighted by atomic mass is 9.98. The van der Waals surface area contributed by atoms with Crippen molar-refractivity contribution in [3.63, 3.8) is 0 Å². The smallest absolute Gasteiger partial charge is 0.260 e. The van der Waals surface area contributed by atoms with Crippen molar-refractivity contribution in [2.45, 2.75) is 38.0 Å². The van der Waals surface area contributed by atoms with Gasteiger partial charge in [0.05, 0.1) is 18.1 Å². The van der Waals surface area contributed by atoms with Crippen LogP contribution in [-0.4, -0.2) is 69.5 Å². The van der Waals surface area contributed by atoms with Gasteiger partial charge in [0, 0.05) is 38.7 Å². The van der Waals surface area contributed by atoms with E-state index in [0.29, 0.717) is 49.5 Å². The average Bonchev–Trinajstić information content (AvgIpc) is 3.07. The van der Waals surface area contributed by atoms with Crippen LogP contribution in [0.3, 0.4) is 0 Å². The van der Waals surface area contributed by atoms with Crippen molar-refractivity contribution in [1.29, 1.82) is 0 Å². The first kappa shape index (κ1) is 24.3. The highest BCUT2D eigenvalue weighted by Crippen LogP contribution is 2.33. The van der Waals surface area contributed by atoms with E-state index in [4.69, 9.17) is 14.2 Å². The number of sulfonamides is 1. The average molecular weight is 489 g/mol. The maximum Gasteiger partial charge on any atom is 0.260 e. The van der Waals surface area contributed by atoms with Gasteiger partial charge in [-0.2, -0.15) is 4.31 Å². The lowest BCUT2D eigenvalue weighted by molar-refractivity contribution is -0.134. The summed E-state index contributed by atoms with van der Waals surface area (Å²) in [5.74, 6) is 1.93. The molecule has 34 heavy (non-hydrogen) atoms. The minimum atomic E-state index is -3.70. The molecular formula is C25H32N2O6S. The molecule has 4 rings (SSSR count). The Bertz CT molecular complexity index is 1140. The van der Waals surface area contributed by atoms with Gasteiger partial charge in [0.1, 0.15) is 5.75 Å². The summed E-state index contributed by atoms with van der Waals surface area (Å²) in [5.41, 5.74) is 2.39. The number of nitrogens with zero attached hydrogens (tertiary/aromatic N) is 2. The highest BCUT2D eigenvalue weighted by Gasteiger charge is 2.31. The van der Waals surface area contributed by atoms with Crippen LogP contribution in [0, 0.1) is 6.92 Å². The molecule has 2 aromatic rings. The molecule has 2 heterocycles. The van der Waals surface area contributed by atoms with Gasteiger partial charge in [0.25, 0.3) is 5.91 Å². The molecule has 0 spiro atoms. The topological polar surface area (TPSA) is 85.4 Å². The van der Waals surface area contributed by atoms with E-state index in [1.807, 2.05) is 25.1 Å². The Morgan fingerprint density at radius 2 is 1.71 bits per heavy atom. The lowest BCUT2D eigenvalue weighted by Crippen LogP contribution is -2.51. The third kappa shape index (κ3) is 5.31. The molecule has 2 aliphatic rings. The van der Waals surface area contributed by atoms with Crippen LogP contribution in [0.25, 0.3) is 0 Å². The number of hydrogen-bond donors (Lipinski definition) is 0. The van der Waals surface area contributed by atoms with Crippen LogP contribution in [0.2, 0.25) is 0 Å². The molecule has 0 saturated carbocycles. The molecule has 0 aromatic heterocycles. The minimum absolute atomic E-state index is 0.0740. The van der Waals surface area contributed by atoms with E-state index in [2.05, 4.69) is 13.8 Å². The van der Waals surface area contributed by atoms with Crippen molar-refractivity contribution in [3.8, 4) is 17.2 Å². The molecule has 8 nitrogen and oxygen atoms in total. The number of piperazine rings is 1. The van der Waals surface area contributed by atoms with Gasteiger partial charge in [-0.1, -0.05) is 19.9 Å². The molecular weight excluding hydrogens is 456 g/mol. The molecule has 0 N–H and O–H groups in total. The second-order valence-corrected chi connectivity index (χ2v) is 10.8. The molecule has 1 fully saturated rings. The SMILES string of the molecule is Cc1cc(OCC(=O)N2CCN(S(=O)(=O)c3ccc4c(c3)OCCCO4)CC2)ccc1C(C)C. The maximum atomic E-state index is 13.2. The predicted octanol–water partition coefficient (Wildman–Crippen LogP) is 3.19. The van der Waals surface area contributed by atoms with Gasteiger partial charge in [0.2, 0.25) is 10.0 Å². The Kier molecular flexibility index (Phi) is 7.33. The molecule has 184 valence electrons. The molecule has 9 heteroatoms. The van der Waals surface area contributed by atoms with Crippen LogP contribution in [-0.2, 0) is 14.8 Å². The van der Waals surface area contributed by atoms with Crippen molar-refractivity contribution in [3.05, 3.63) is 47.5 Å². The zero-order valence-electron chi connectivity index (χ0n) is 20.0. The molecule has 1 saturated heterocycles. The second kappa shape index (κ2) is 10.2. The fourth-order valence-electron chi connectivity index (χ4n) is 4.25. The Morgan fingerprint density at radius 3 is 2.38 bits per heavy atom. The summed E-state index contributed by atoms with van der Waals surface area (Å²) in [6.45, 7) is 8.36. The van der Waals surface area contributed by atoms with Gasteiger partial charge in [-0.3, -0.25) is 4.79 Å². The summed E-state index contributed by atoms with van der Waals surface area (Å²) in [7, 11) is -3.70. The Balaban J connectivity index is 1.33. The number of carbonyl (C=O) groups is 1. The zero-order chi connectivity index (χ0) is 24.3. The third-order valence-electron chi connectivity index (χ3n) is 6.17. The number of rotatable bonds is 6. The third-order valence-corrected chi connectivity index (χ3v) is 8.07. The molecule has 0 radical (unpaired) electrons. The van der Waals surface area contributed by atoms with Crippen molar-refractivity contribution in [2.24, 2.45) is 0 Å². The standard InChI is InChI=1S/C25H32N2O6S/c1-18(2)22-7-5-20(15-19(22)3)33-17-25(28)26-9-11-27(12-10-26)34(29,30)21-6-8-23-24(16-21)32-14-4-13-31-23/h5-8,15-16,18H,4,9-14,17H2,1-3H3. The van der Waals surface area contributed by atoms with Crippen LogP contribution in [0.5, 0.6) is 17.2 Å². The van der Waals surface area contributed by atoms with Crippen molar-refractivity contribution in [1.82, 2.24) is 9.21 Å². The van der Waals surface area contributed by atoms with E-state index in [0.717, 1.165) is 12.0 Å². The number of aryl methyl sites for hydroxylation is 1. The maximum absolute atomic E-state index is 13.2. The first-order valence-corrected chi connectivity index (χ1v) is 13.1. The Morgan fingerprint density at radius 1 is 1.00 bits per heavy atom.